The van der Waals surface area contributed by atoms with Gasteiger partial charge in [-0.3, -0.25) is 34.1 Å². The summed E-state index contributed by atoms with van der Waals surface area (Å²) in [6, 6.07) is 11.8. The SMILES string of the molecule is O=C1CCC(N2Cc3cc(N4CC(N5CCC(n6cc7cc(NC(=O)c8cnn9cccnc89)c(OCC8CC8)cc7n6)CC5)C4)ccc3C2=O)C(=O)N1. The van der Waals surface area contributed by atoms with E-state index in [0.717, 1.165) is 74.0 Å². The van der Waals surface area contributed by atoms with Crippen molar-refractivity contribution in [3.8, 4) is 5.75 Å². The molecule has 15 nitrogen and oxygen atoms in total. The lowest BCUT2D eigenvalue weighted by molar-refractivity contribution is -0.136. The van der Waals surface area contributed by atoms with E-state index >= 15 is 0 Å². The summed E-state index contributed by atoms with van der Waals surface area (Å²) in [7, 11) is 0. The maximum absolute atomic E-state index is 13.4. The zero-order valence-corrected chi connectivity index (χ0v) is 29.7. The number of amides is 4. The van der Waals surface area contributed by atoms with Crippen LogP contribution >= 0.6 is 0 Å². The van der Waals surface area contributed by atoms with Crippen LogP contribution in [-0.4, -0.2) is 103 Å². The highest BCUT2D eigenvalue weighted by molar-refractivity contribution is 6.09. The zero-order valence-electron chi connectivity index (χ0n) is 29.7. The Morgan fingerprint density at radius 2 is 1.85 bits per heavy atom. The van der Waals surface area contributed by atoms with Crippen LogP contribution in [0.4, 0.5) is 11.4 Å². The Bertz CT molecular complexity index is 2330. The molecule has 5 aliphatic rings. The molecule has 54 heavy (non-hydrogen) atoms. The van der Waals surface area contributed by atoms with E-state index in [1.165, 1.54) is 6.20 Å². The molecule has 4 aliphatic heterocycles. The molecule has 15 heteroatoms. The van der Waals surface area contributed by atoms with Gasteiger partial charge >= 0.3 is 0 Å². The lowest BCUT2D eigenvalue weighted by atomic mass is 9.98. The number of rotatable bonds is 9. The zero-order chi connectivity index (χ0) is 36.5. The molecule has 0 radical (unpaired) electrons. The van der Waals surface area contributed by atoms with Gasteiger partial charge in [-0.2, -0.15) is 10.2 Å². The molecule has 0 spiro atoms. The van der Waals surface area contributed by atoms with Gasteiger partial charge in [-0.15, -0.1) is 0 Å². The molecule has 4 amide bonds. The van der Waals surface area contributed by atoms with Crippen LogP contribution in [0.25, 0.3) is 16.6 Å². The lowest BCUT2D eigenvalue weighted by Crippen LogP contribution is -2.61. The number of benzene rings is 2. The number of likely N-dealkylation sites (tertiary alicyclic amines) is 1. The van der Waals surface area contributed by atoms with E-state index in [0.29, 0.717) is 59.7 Å². The number of hydrogen-bond acceptors (Lipinski definition) is 10. The molecule has 1 unspecified atom stereocenters. The average Bonchev–Trinajstić information content (AvgIpc) is 3.59. The van der Waals surface area contributed by atoms with Crippen molar-refractivity contribution >= 4 is 51.6 Å². The van der Waals surface area contributed by atoms with Crippen LogP contribution in [0.1, 0.15) is 70.8 Å². The highest BCUT2D eigenvalue weighted by Gasteiger charge is 2.40. The Morgan fingerprint density at radius 1 is 1.00 bits per heavy atom. The third-order valence-corrected chi connectivity index (χ3v) is 11.7. The third-order valence-electron chi connectivity index (χ3n) is 11.7. The van der Waals surface area contributed by atoms with Crippen LogP contribution in [0, 0.1) is 5.92 Å². The Labute approximate surface area is 310 Å². The minimum atomic E-state index is -0.607. The number of aromatic nitrogens is 5. The minimum Gasteiger partial charge on any atom is -0.491 e. The Balaban J connectivity index is 0.776. The van der Waals surface area contributed by atoms with Crippen molar-refractivity contribution in [3.05, 3.63) is 77.9 Å². The van der Waals surface area contributed by atoms with E-state index in [1.54, 1.807) is 27.9 Å². The minimum absolute atomic E-state index is 0.146. The van der Waals surface area contributed by atoms with Crippen molar-refractivity contribution < 1.29 is 23.9 Å². The molecule has 1 atom stereocenters. The summed E-state index contributed by atoms with van der Waals surface area (Å²) in [5, 5.41) is 15.6. The second-order valence-electron chi connectivity index (χ2n) is 15.2. The van der Waals surface area contributed by atoms with Gasteiger partial charge < -0.3 is 19.9 Å². The van der Waals surface area contributed by atoms with Gasteiger partial charge in [0.05, 0.1) is 30.0 Å². The topological polar surface area (TPSA) is 159 Å². The van der Waals surface area contributed by atoms with E-state index in [4.69, 9.17) is 9.84 Å². The quantitative estimate of drug-likeness (QED) is 0.216. The number of hydrogen-bond donors (Lipinski definition) is 2. The fraction of sp³-hybridized carbons (Fsp3) is 0.410. The summed E-state index contributed by atoms with van der Waals surface area (Å²) in [6.45, 7) is 4.78. The summed E-state index contributed by atoms with van der Waals surface area (Å²) in [6.07, 6.45) is 11.9. The van der Waals surface area contributed by atoms with Crippen LogP contribution in [-0.2, 0) is 16.1 Å². The molecule has 3 aromatic heterocycles. The lowest BCUT2D eigenvalue weighted by Gasteiger charge is -2.48. The highest BCUT2D eigenvalue weighted by atomic mass is 16.5. The number of ether oxygens (including phenoxy) is 1. The molecule has 1 aliphatic carbocycles. The van der Waals surface area contributed by atoms with Crippen LogP contribution < -0.4 is 20.3 Å². The molecule has 4 fully saturated rings. The van der Waals surface area contributed by atoms with Crippen molar-refractivity contribution in [2.75, 3.05) is 43.0 Å². The maximum Gasteiger partial charge on any atom is 0.261 e. The van der Waals surface area contributed by atoms with Crippen molar-refractivity contribution in [3.63, 3.8) is 0 Å². The van der Waals surface area contributed by atoms with E-state index < -0.39 is 6.04 Å². The predicted octanol–water partition coefficient (Wildman–Crippen LogP) is 3.41. The Morgan fingerprint density at radius 3 is 2.67 bits per heavy atom. The van der Waals surface area contributed by atoms with E-state index in [9.17, 15) is 19.2 Å². The smallest absolute Gasteiger partial charge is 0.261 e. The van der Waals surface area contributed by atoms with E-state index in [-0.39, 0.29) is 36.1 Å². The first-order valence-corrected chi connectivity index (χ1v) is 18.9. The molecule has 5 aromatic rings. The second kappa shape index (κ2) is 12.9. The summed E-state index contributed by atoms with van der Waals surface area (Å²) in [4.78, 5) is 61.5. The summed E-state index contributed by atoms with van der Waals surface area (Å²) < 4.78 is 9.91. The number of fused-ring (bicyclic) bond motifs is 3. The number of nitrogens with zero attached hydrogens (tertiary/aromatic N) is 8. The van der Waals surface area contributed by atoms with Gasteiger partial charge in [0.1, 0.15) is 17.4 Å². The first kappa shape index (κ1) is 32.8. The number of nitrogens with one attached hydrogen (secondary N) is 2. The maximum atomic E-state index is 13.4. The molecule has 10 rings (SSSR count). The second-order valence-corrected chi connectivity index (χ2v) is 15.2. The van der Waals surface area contributed by atoms with Crippen molar-refractivity contribution in [2.24, 2.45) is 5.92 Å². The Kier molecular flexibility index (Phi) is 7.85. The number of piperidine rings is 2. The van der Waals surface area contributed by atoms with Crippen LogP contribution in [0.3, 0.4) is 0 Å². The molecule has 1 saturated carbocycles. The average molecular weight is 729 g/mol. The standard InChI is InChI=1S/C39H40N10O5/c50-35-7-6-33(38(52)43-35)47-18-24-14-27(4-5-29(24)39(47)53)46-20-28(21-46)45-12-8-26(9-13-45)49-19-25-15-32(34(16-31(25)44-49)54-22-23-2-3-23)42-37(51)30-17-41-48-11-1-10-40-36(30)48/h1,4-5,10-11,14-17,19,23,26,28,33H,2-3,6-9,12-13,18,20-22H2,(H,42,51)(H,43,50,52). The van der Waals surface area contributed by atoms with Gasteiger partial charge in [-0.25, -0.2) is 9.50 Å². The van der Waals surface area contributed by atoms with Gasteiger partial charge in [0.15, 0.2) is 5.65 Å². The van der Waals surface area contributed by atoms with Crippen LogP contribution in [0.2, 0.25) is 0 Å². The molecule has 276 valence electrons. The first-order chi connectivity index (χ1) is 26.3. The Hall–Kier alpha value is -5.83. The summed E-state index contributed by atoms with van der Waals surface area (Å²) in [5.41, 5.74) is 4.98. The number of anilines is 2. The first-order valence-electron chi connectivity index (χ1n) is 18.9. The highest BCUT2D eigenvalue weighted by Crippen LogP contribution is 2.37. The molecule has 2 N–H and O–H groups in total. The molecule has 0 bridgehead atoms. The van der Waals surface area contributed by atoms with E-state index in [1.807, 2.05) is 24.3 Å². The van der Waals surface area contributed by atoms with E-state index in [2.05, 4.69) is 47.5 Å². The number of imide groups is 1. The number of carbonyl (C=O) groups is 4. The molecule has 7 heterocycles. The largest absolute Gasteiger partial charge is 0.491 e. The fourth-order valence-corrected chi connectivity index (χ4v) is 8.32. The fourth-order valence-electron chi connectivity index (χ4n) is 8.32. The van der Waals surface area contributed by atoms with Crippen molar-refractivity contribution in [1.82, 2.24) is 39.5 Å². The number of carbonyl (C=O) groups excluding carboxylic acids is 4. The summed E-state index contributed by atoms with van der Waals surface area (Å²) in [5.74, 6) is 0.0526. The molecule has 2 aromatic carbocycles. The van der Waals surface area contributed by atoms with Crippen LogP contribution in [0.15, 0.2) is 61.2 Å². The van der Waals surface area contributed by atoms with Gasteiger partial charge in [0.25, 0.3) is 11.8 Å². The molecule has 3 saturated heterocycles. The monoisotopic (exact) mass is 728 g/mol. The van der Waals surface area contributed by atoms with Crippen molar-refractivity contribution in [1.29, 1.82) is 0 Å². The predicted molar refractivity (Wildman–Crippen MR) is 197 cm³/mol. The van der Waals surface area contributed by atoms with Crippen molar-refractivity contribution in [2.45, 2.75) is 63.2 Å². The van der Waals surface area contributed by atoms with Gasteiger partial charge in [0.2, 0.25) is 11.8 Å². The van der Waals surface area contributed by atoms with Gasteiger partial charge in [-0.05, 0) is 73.9 Å². The van der Waals surface area contributed by atoms with Crippen LogP contribution in [0.5, 0.6) is 5.75 Å². The van der Waals surface area contributed by atoms with Gasteiger partial charge in [-0.1, -0.05) is 0 Å². The third kappa shape index (κ3) is 5.92. The molecular formula is C39H40N10O5. The molecular weight excluding hydrogens is 688 g/mol. The normalized spacial score (nSPS) is 21.1. The summed E-state index contributed by atoms with van der Waals surface area (Å²) >= 11 is 0. The van der Waals surface area contributed by atoms with Gasteiger partial charge in [0, 0.05) is 86.5 Å².